The van der Waals surface area contributed by atoms with E-state index in [2.05, 4.69) is 19.7 Å². The molecule has 0 aliphatic rings. The second-order valence-electron chi connectivity index (χ2n) is 4.57. The summed E-state index contributed by atoms with van der Waals surface area (Å²) < 4.78 is 10.4. The largest absolute Gasteiger partial charge is 0.468 e. The number of rotatable bonds is 3. The summed E-state index contributed by atoms with van der Waals surface area (Å²) in [5.41, 5.74) is 3.79. The van der Waals surface area contributed by atoms with Crippen molar-refractivity contribution in [2.45, 2.75) is 18.9 Å². The van der Waals surface area contributed by atoms with Gasteiger partial charge >= 0.3 is 5.97 Å². The van der Waals surface area contributed by atoms with E-state index in [1.807, 2.05) is 19.9 Å². The summed E-state index contributed by atoms with van der Waals surface area (Å²) in [7, 11) is 1.36. The maximum atomic E-state index is 11.3. The number of methoxy groups -OCH3 is 1. The number of fused-ring (bicyclic) bond motifs is 3. The second-order valence-corrected chi connectivity index (χ2v) is 5.53. The minimum absolute atomic E-state index is 0.172. The molecule has 3 rings (SSSR count). The Morgan fingerprint density at radius 2 is 2.19 bits per heavy atom. The van der Waals surface area contributed by atoms with Crippen molar-refractivity contribution in [2.75, 3.05) is 12.9 Å². The number of esters is 1. The van der Waals surface area contributed by atoms with E-state index < -0.39 is 0 Å². The highest BCUT2D eigenvalue weighted by Gasteiger charge is 2.16. The third-order valence-electron chi connectivity index (χ3n) is 3.21. The van der Waals surface area contributed by atoms with Crippen molar-refractivity contribution in [1.82, 2.24) is 15.0 Å². The van der Waals surface area contributed by atoms with Gasteiger partial charge in [-0.05, 0) is 25.5 Å². The van der Waals surface area contributed by atoms with Gasteiger partial charge < -0.3 is 9.15 Å². The van der Waals surface area contributed by atoms with Crippen LogP contribution in [0.2, 0.25) is 0 Å². The predicted molar refractivity (Wildman–Crippen MR) is 79.3 cm³/mol. The van der Waals surface area contributed by atoms with E-state index in [9.17, 15) is 4.79 Å². The van der Waals surface area contributed by atoms with Crippen LogP contribution in [0.3, 0.4) is 0 Å². The fourth-order valence-corrected chi connectivity index (χ4v) is 2.72. The zero-order valence-corrected chi connectivity index (χ0v) is 12.7. The van der Waals surface area contributed by atoms with Crippen molar-refractivity contribution < 1.29 is 13.9 Å². The lowest BCUT2D eigenvalue weighted by molar-refractivity contribution is -0.137. The van der Waals surface area contributed by atoms with Crippen molar-refractivity contribution in [1.29, 1.82) is 0 Å². The summed E-state index contributed by atoms with van der Waals surface area (Å²) in [6.07, 6.45) is 1.46. The van der Waals surface area contributed by atoms with Gasteiger partial charge in [0.1, 0.15) is 16.9 Å². The molecular weight excluding hydrogens is 290 g/mol. The Kier molecular flexibility index (Phi) is 3.50. The maximum absolute atomic E-state index is 11.3. The maximum Gasteiger partial charge on any atom is 0.316 e. The number of thioether (sulfide) groups is 1. The van der Waals surface area contributed by atoms with Gasteiger partial charge in [0.05, 0.1) is 18.2 Å². The number of aryl methyl sites for hydroxylation is 2. The van der Waals surface area contributed by atoms with Crippen LogP contribution < -0.4 is 0 Å². The first-order chi connectivity index (χ1) is 10.1. The van der Waals surface area contributed by atoms with Crippen molar-refractivity contribution in [3.8, 4) is 0 Å². The highest BCUT2D eigenvalue weighted by Crippen LogP contribution is 2.32. The van der Waals surface area contributed by atoms with Crippen LogP contribution in [-0.2, 0) is 9.53 Å². The van der Waals surface area contributed by atoms with E-state index in [1.54, 1.807) is 0 Å². The summed E-state index contributed by atoms with van der Waals surface area (Å²) in [5, 5.41) is 1.47. The van der Waals surface area contributed by atoms with Crippen LogP contribution in [0.5, 0.6) is 0 Å². The van der Waals surface area contributed by atoms with Crippen molar-refractivity contribution in [2.24, 2.45) is 0 Å². The lowest BCUT2D eigenvalue weighted by atomic mass is 10.2. The molecule has 3 heterocycles. The monoisotopic (exact) mass is 303 g/mol. The molecule has 6 nitrogen and oxygen atoms in total. The van der Waals surface area contributed by atoms with Crippen LogP contribution in [0.25, 0.3) is 22.2 Å². The van der Waals surface area contributed by atoms with Crippen LogP contribution in [0.1, 0.15) is 11.3 Å². The zero-order valence-electron chi connectivity index (χ0n) is 11.8. The summed E-state index contributed by atoms with van der Waals surface area (Å²) >= 11 is 1.26. The number of pyridine rings is 1. The second kappa shape index (κ2) is 5.33. The Labute approximate surface area is 124 Å². The highest BCUT2D eigenvalue weighted by molar-refractivity contribution is 8.00. The van der Waals surface area contributed by atoms with Gasteiger partial charge in [0.15, 0.2) is 5.58 Å². The molecule has 108 valence electrons. The molecule has 0 aliphatic heterocycles. The van der Waals surface area contributed by atoms with E-state index in [4.69, 9.17) is 4.42 Å². The number of nitrogens with zero attached hydrogens (tertiary/aromatic N) is 3. The Bertz CT molecular complexity index is 844. The Hall–Kier alpha value is -2.15. The minimum atomic E-state index is -0.312. The lowest BCUT2D eigenvalue weighted by Gasteiger charge is -1.99. The van der Waals surface area contributed by atoms with Gasteiger partial charge in [0.2, 0.25) is 5.71 Å². The van der Waals surface area contributed by atoms with Gasteiger partial charge in [-0.3, -0.25) is 4.79 Å². The molecule has 0 aliphatic carbocycles. The molecule has 0 fully saturated rings. The van der Waals surface area contributed by atoms with E-state index >= 15 is 0 Å². The summed E-state index contributed by atoms with van der Waals surface area (Å²) in [6.45, 7) is 3.93. The molecule has 3 aromatic rings. The van der Waals surface area contributed by atoms with Crippen molar-refractivity contribution in [3.05, 3.63) is 23.7 Å². The average Bonchev–Trinajstić information content (AvgIpc) is 2.83. The average molecular weight is 303 g/mol. The van der Waals surface area contributed by atoms with Crippen LogP contribution in [0.15, 0.2) is 21.8 Å². The summed E-state index contributed by atoms with van der Waals surface area (Å²) in [5.74, 6) is -0.141. The fourth-order valence-electron chi connectivity index (χ4n) is 1.96. The molecule has 0 N–H and O–H groups in total. The number of furan rings is 1. The molecule has 0 saturated heterocycles. The molecule has 0 unspecified atom stereocenters. The van der Waals surface area contributed by atoms with Crippen LogP contribution >= 0.6 is 11.8 Å². The number of hydrogen-bond acceptors (Lipinski definition) is 7. The van der Waals surface area contributed by atoms with Gasteiger partial charge in [-0.2, -0.15) is 0 Å². The Balaban J connectivity index is 2.13. The fraction of sp³-hybridized carbons (Fsp3) is 0.286. The molecule has 0 amide bonds. The highest BCUT2D eigenvalue weighted by atomic mass is 32.2. The van der Waals surface area contributed by atoms with Gasteiger partial charge in [0, 0.05) is 5.69 Å². The standard InChI is InChI=1S/C14H13N3O3S/c1-7-4-9-11-12(20-13(9)17-8(7)2)14(16-6-15-11)21-5-10(18)19-3/h4,6H,5H2,1-3H3. The Morgan fingerprint density at radius 3 is 2.95 bits per heavy atom. The first-order valence-corrected chi connectivity index (χ1v) is 7.29. The van der Waals surface area contributed by atoms with Gasteiger partial charge in [-0.1, -0.05) is 11.8 Å². The number of aromatic nitrogens is 3. The minimum Gasteiger partial charge on any atom is -0.468 e. The lowest BCUT2D eigenvalue weighted by Crippen LogP contribution is -2.03. The molecule has 0 spiro atoms. The number of hydrogen-bond donors (Lipinski definition) is 0. The van der Waals surface area contributed by atoms with Gasteiger partial charge in [0.25, 0.3) is 0 Å². The SMILES string of the molecule is COC(=O)CSc1ncnc2c1oc1nc(C)c(C)cc12. The summed E-state index contributed by atoms with van der Waals surface area (Å²) in [4.78, 5) is 24.1. The predicted octanol–water partition coefficient (Wildman–Crippen LogP) is 2.65. The van der Waals surface area contributed by atoms with E-state index in [1.165, 1.54) is 25.2 Å². The molecule has 3 aromatic heterocycles. The zero-order chi connectivity index (χ0) is 15.0. The van der Waals surface area contributed by atoms with Crippen molar-refractivity contribution in [3.63, 3.8) is 0 Å². The van der Waals surface area contributed by atoms with E-state index in [0.29, 0.717) is 21.8 Å². The molecular formula is C14H13N3O3S. The normalized spacial score (nSPS) is 11.2. The number of carbonyl (C=O) groups excluding carboxylic acids is 1. The quantitative estimate of drug-likeness (QED) is 0.418. The van der Waals surface area contributed by atoms with Crippen LogP contribution in [-0.4, -0.2) is 33.8 Å². The summed E-state index contributed by atoms with van der Waals surface area (Å²) in [6, 6.07) is 2.01. The van der Waals surface area contributed by atoms with Gasteiger partial charge in [-0.25, -0.2) is 15.0 Å². The van der Waals surface area contributed by atoms with E-state index in [0.717, 1.165) is 16.6 Å². The molecule has 0 bridgehead atoms. The third kappa shape index (κ3) is 2.44. The molecule has 0 saturated carbocycles. The van der Waals surface area contributed by atoms with Gasteiger partial charge in [-0.15, -0.1) is 0 Å². The number of ether oxygens (including phenoxy) is 1. The van der Waals surface area contributed by atoms with Crippen molar-refractivity contribution >= 4 is 39.9 Å². The molecule has 7 heteroatoms. The topological polar surface area (TPSA) is 78.1 Å². The molecule has 0 aromatic carbocycles. The van der Waals surface area contributed by atoms with Crippen LogP contribution in [0.4, 0.5) is 0 Å². The molecule has 0 atom stereocenters. The number of carbonyl (C=O) groups is 1. The molecule has 0 radical (unpaired) electrons. The van der Waals surface area contributed by atoms with Crippen LogP contribution in [0, 0.1) is 13.8 Å². The molecule has 21 heavy (non-hydrogen) atoms. The Morgan fingerprint density at radius 1 is 1.38 bits per heavy atom. The first-order valence-electron chi connectivity index (χ1n) is 6.31. The third-order valence-corrected chi connectivity index (χ3v) is 4.15. The first kappa shape index (κ1) is 13.8. The smallest absolute Gasteiger partial charge is 0.316 e. The van der Waals surface area contributed by atoms with E-state index in [-0.39, 0.29) is 11.7 Å².